The molecule has 0 radical (unpaired) electrons. The van der Waals surface area contributed by atoms with Crippen LogP contribution in [0.3, 0.4) is 0 Å². The zero-order valence-electron chi connectivity index (χ0n) is 17.5. The molecule has 5 nitrogen and oxygen atoms in total. The predicted molar refractivity (Wildman–Crippen MR) is 120 cm³/mol. The number of halogens is 1. The van der Waals surface area contributed by atoms with Gasteiger partial charge in [0.25, 0.3) is 0 Å². The van der Waals surface area contributed by atoms with Crippen molar-refractivity contribution in [2.45, 2.75) is 13.3 Å². The fourth-order valence-electron chi connectivity index (χ4n) is 3.73. The number of rotatable bonds is 6. The molecule has 0 N–H and O–H groups in total. The first-order chi connectivity index (χ1) is 15.1. The zero-order valence-corrected chi connectivity index (χ0v) is 17.5. The minimum atomic E-state index is -0.307. The molecule has 0 aliphatic heterocycles. The lowest BCUT2D eigenvalue weighted by molar-refractivity contribution is -0.118. The van der Waals surface area contributed by atoms with Crippen molar-refractivity contribution in [1.29, 1.82) is 0 Å². The fraction of sp³-hybridized carbons (Fsp3) is 0.160. The summed E-state index contributed by atoms with van der Waals surface area (Å²) in [5.41, 5.74) is 4.14. The van der Waals surface area contributed by atoms with Crippen LogP contribution in [0.4, 0.5) is 10.2 Å². The van der Waals surface area contributed by atoms with Gasteiger partial charge in [-0.1, -0.05) is 30.3 Å². The van der Waals surface area contributed by atoms with Crippen LogP contribution in [-0.2, 0) is 18.3 Å². The summed E-state index contributed by atoms with van der Waals surface area (Å²) in [7, 11) is 1.82. The lowest BCUT2D eigenvalue weighted by atomic mass is 10.0. The normalized spacial score (nSPS) is 10.8. The van der Waals surface area contributed by atoms with E-state index in [1.807, 2.05) is 56.4 Å². The van der Waals surface area contributed by atoms with Gasteiger partial charge in [-0.2, -0.15) is 5.10 Å². The molecule has 2 heterocycles. The van der Waals surface area contributed by atoms with Crippen molar-refractivity contribution in [2.75, 3.05) is 11.4 Å². The van der Waals surface area contributed by atoms with E-state index < -0.39 is 0 Å². The summed E-state index contributed by atoms with van der Waals surface area (Å²) in [6.45, 7) is 2.44. The molecule has 2 aromatic carbocycles. The van der Waals surface area contributed by atoms with E-state index in [0.717, 1.165) is 22.3 Å². The van der Waals surface area contributed by atoms with Crippen molar-refractivity contribution in [3.8, 4) is 22.4 Å². The van der Waals surface area contributed by atoms with Crippen molar-refractivity contribution in [3.63, 3.8) is 0 Å². The fourth-order valence-corrected chi connectivity index (χ4v) is 3.73. The third-order valence-electron chi connectivity index (χ3n) is 5.17. The topological polar surface area (TPSA) is 51.0 Å². The highest BCUT2D eigenvalue weighted by Gasteiger charge is 2.26. The van der Waals surface area contributed by atoms with Crippen LogP contribution in [0.1, 0.15) is 12.5 Å². The molecule has 4 aromatic rings. The molecule has 0 saturated carbocycles. The molecule has 0 aliphatic rings. The van der Waals surface area contributed by atoms with E-state index >= 15 is 0 Å². The lowest BCUT2D eigenvalue weighted by Crippen LogP contribution is -2.34. The Morgan fingerprint density at radius 2 is 1.65 bits per heavy atom. The van der Waals surface area contributed by atoms with Crippen LogP contribution in [0.2, 0.25) is 0 Å². The van der Waals surface area contributed by atoms with Gasteiger partial charge in [-0.05, 0) is 54.4 Å². The number of pyridine rings is 1. The first kappa shape index (κ1) is 20.5. The molecule has 0 saturated heterocycles. The molecule has 0 aliphatic carbocycles. The number of hydrogen-bond donors (Lipinski definition) is 0. The molecule has 0 atom stereocenters. The number of benzene rings is 2. The van der Waals surface area contributed by atoms with Gasteiger partial charge in [0, 0.05) is 31.5 Å². The molecule has 4 rings (SSSR count). The van der Waals surface area contributed by atoms with Gasteiger partial charge in [-0.3, -0.25) is 19.4 Å². The van der Waals surface area contributed by atoms with E-state index in [2.05, 4.69) is 4.98 Å². The summed E-state index contributed by atoms with van der Waals surface area (Å²) in [6.07, 6.45) is 3.72. The van der Waals surface area contributed by atoms with Gasteiger partial charge >= 0.3 is 0 Å². The number of nitrogens with zero attached hydrogens (tertiary/aromatic N) is 4. The van der Waals surface area contributed by atoms with Crippen LogP contribution in [-0.4, -0.2) is 27.2 Å². The molecule has 0 unspecified atom stereocenters. The monoisotopic (exact) mass is 414 g/mol. The number of anilines is 1. The molecule has 0 bridgehead atoms. The Hall–Kier alpha value is -3.80. The molecular formula is C25H23FN4O. The summed E-state index contributed by atoms with van der Waals surface area (Å²) in [4.78, 5) is 19.2. The van der Waals surface area contributed by atoms with Crippen LogP contribution in [0.15, 0.2) is 79.1 Å². The number of aromatic nitrogens is 3. The van der Waals surface area contributed by atoms with E-state index in [1.54, 1.807) is 34.1 Å². The molecule has 156 valence electrons. The molecular weight excluding hydrogens is 391 g/mol. The van der Waals surface area contributed by atoms with Crippen molar-refractivity contribution in [1.82, 2.24) is 14.8 Å². The van der Waals surface area contributed by atoms with Gasteiger partial charge in [-0.15, -0.1) is 0 Å². The summed E-state index contributed by atoms with van der Waals surface area (Å²) in [6, 6.07) is 19.7. The van der Waals surface area contributed by atoms with Gasteiger partial charge in [0.15, 0.2) is 0 Å². The van der Waals surface area contributed by atoms with Gasteiger partial charge < -0.3 is 0 Å². The first-order valence-corrected chi connectivity index (χ1v) is 10.2. The Morgan fingerprint density at radius 3 is 2.29 bits per heavy atom. The van der Waals surface area contributed by atoms with Crippen LogP contribution in [0, 0.1) is 5.82 Å². The maximum Gasteiger partial charge on any atom is 0.232 e. The SMILES string of the molecule is CCN(C(=O)Cc1ccccc1)c1c(-c2ccncc2)c(-c2ccc(F)cc2)nn1C. The van der Waals surface area contributed by atoms with Crippen molar-refractivity contribution in [2.24, 2.45) is 7.05 Å². The van der Waals surface area contributed by atoms with Crippen LogP contribution < -0.4 is 4.90 Å². The average molecular weight is 414 g/mol. The van der Waals surface area contributed by atoms with Gasteiger partial charge in [-0.25, -0.2) is 4.39 Å². The van der Waals surface area contributed by atoms with Gasteiger partial charge in [0.1, 0.15) is 17.3 Å². The quantitative estimate of drug-likeness (QED) is 0.452. The minimum Gasteiger partial charge on any atom is -0.297 e. The second-order valence-electron chi connectivity index (χ2n) is 7.21. The summed E-state index contributed by atoms with van der Waals surface area (Å²) < 4.78 is 15.2. The number of amides is 1. The first-order valence-electron chi connectivity index (χ1n) is 10.2. The molecule has 0 spiro atoms. The number of hydrogen-bond acceptors (Lipinski definition) is 3. The van der Waals surface area contributed by atoms with Crippen molar-refractivity contribution in [3.05, 3.63) is 90.5 Å². The van der Waals surface area contributed by atoms with E-state index in [1.165, 1.54) is 12.1 Å². The van der Waals surface area contributed by atoms with Crippen molar-refractivity contribution < 1.29 is 9.18 Å². The Labute approximate surface area is 180 Å². The Kier molecular flexibility index (Phi) is 5.89. The molecule has 1 amide bonds. The van der Waals surface area contributed by atoms with Crippen LogP contribution in [0.5, 0.6) is 0 Å². The molecule has 31 heavy (non-hydrogen) atoms. The zero-order chi connectivity index (χ0) is 21.8. The molecule has 0 fully saturated rings. The molecule has 6 heteroatoms. The Balaban J connectivity index is 1.84. The summed E-state index contributed by atoms with van der Waals surface area (Å²) in [5, 5.41) is 4.73. The number of aryl methyl sites for hydroxylation is 1. The Bertz CT molecular complexity index is 1170. The number of carbonyl (C=O) groups is 1. The number of likely N-dealkylation sites (N-methyl/N-ethyl adjacent to an activating group) is 1. The second-order valence-corrected chi connectivity index (χ2v) is 7.21. The maximum atomic E-state index is 13.5. The highest BCUT2D eigenvalue weighted by molar-refractivity contribution is 6.00. The van der Waals surface area contributed by atoms with Crippen LogP contribution in [0.25, 0.3) is 22.4 Å². The average Bonchev–Trinajstić information content (AvgIpc) is 3.13. The highest BCUT2D eigenvalue weighted by atomic mass is 19.1. The minimum absolute atomic E-state index is 0.0161. The summed E-state index contributed by atoms with van der Waals surface area (Å²) >= 11 is 0. The second kappa shape index (κ2) is 8.92. The van der Waals surface area contributed by atoms with E-state index in [4.69, 9.17) is 5.10 Å². The summed E-state index contributed by atoms with van der Waals surface area (Å²) in [5.74, 6) is 0.380. The van der Waals surface area contributed by atoms with E-state index in [9.17, 15) is 9.18 Å². The van der Waals surface area contributed by atoms with E-state index in [0.29, 0.717) is 24.5 Å². The van der Waals surface area contributed by atoms with Crippen LogP contribution >= 0.6 is 0 Å². The smallest absolute Gasteiger partial charge is 0.232 e. The standard InChI is InChI=1S/C25H23FN4O/c1-3-30(22(31)17-18-7-5-4-6-8-18)25-23(19-13-15-27-16-14-19)24(28-29(25)2)20-9-11-21(26)12-10-20/h4-16H,3,17H2,1-2H3. The lowest BCUT2D eigenvalue weighted by Gasteiger charge is -2.23. The number of carbonyl (C=O) groups excluding carboxylic acids is 1. The Morgan fingerprint density at radius 1 is 0.968 bits per heavy atom. The molecule has 2 aromatic heterocycles. The third kappa shape index (κ3) is 4.23. The predicted octanol–water partition coefficient (Wildman–Crippen LogP) is 4.88. The van der Waals surface area contributed by atoms with Crippen molar-refractivity contribution >= 4 is 11.7 Å². The van der Waals surface area contributed by atoms with Gasteiger partial charge in [0.2, 0.25) is 5.91 Å². The third-order valence-corrected chi connectivity index (χ3v) is 5.17. The maximum absolute atomic E-state index is 13.5. The van der Waals surface area contributed by atoms with E-state index in [-0.39, 0.29) is 11.7 Å². The van der Waals surface area contributed by atoms with Gasteiger partial charge in [0.05, 0.1) is 12.0 Å². The largest absolute Gasteiger partial charge is 0.297 e. The highest BCUT2D eigenvalue weighted by Crippen LogP contribution is 2.39.